The van der Waals surface area contributed by atoms with Crippen molar-refractivity contribution in [3.05, 3.63) is 29.8 Å². The molecule has 20 heavy (non-hydrogen) atoms. The van der Waals surface area contributed by atoms with Crippen LogP contribution in [0.3, 0.4) is 0 Å². The third-order valence-electron chi connectivity index (χ3n) is 2.85. The molecule has 0 amide bonds. The summed E-state index contributed by atoms with van der Waals surface area (Å²) in [4.78, 5) is 2.11. The second-order valence-electron chi connectivity index (χ2n) is 4.95. The fourth-order valence-corrected chi connectivity index (χ4v) is 1.79. The first kappa shape index (κ1) is 16.8. The van der Waals surface area contributed by atoms with Crippen molar-refractivity contribution >= 4 is 0 Å². The highest BCUT2D eigenvalue weighted by Crippen LogP contribution is 2.24. The van der Waals surface area contributed by atoms with E-state index in [2.05, 4.69) is 15.0 Å². The van der Waals surface area contributed by atoms with Crippen LogP contribution < -0.4 is 10.1 Å². The van der Waals surface area contributed by atoms with Crippen molar-refractivity contribution in [2.24, 2.45) is 0 Å². The second kappa shape index (κ2) is 7.50. The molecule has 1 aromatic carbocycles. The summed E-state index contributed by atoms with van der Waals surface area (Å²) in [5.74, 6) is -0.193. The topological polar surface area (TPSA) is 24.5 Å². The van der Waals surface area contributed by atoms with Crippen LogP contribution in [-0.4, -0.2) is 38.4 Å². The summed E-state index contributed by atoms with van der Waals surface area (Å²) in [6.07, 6.45) is -3.62. The van der Waals surface area contributed by atoms with Crippen LogP contribution in [0, 0.1) is 0 Å². The van der Waals surface area contributed by atoms with Crippen LogP contribution in [0.2, 0.25) is 0 Å². The van der Waals surface area contributed by atoms with E-state index >= 15 is 0 Å². The first-order chi connectivity index (χ1) is 9.28. The summed E-state index contributed by atoms with van der Waals surface area (Å²) in [5, 5.41) is 3.33. The molecular weight excluding hydrogens is 269 g/mol. The van der Waals surface area contributed by atoms with Gasteiger partial charge in [0, 0.05) is 6.04 Å². The van der Waals surface area contributed by atoms with E-state index < -0.39 is 6.36 Å². The molecule has 1 unspecified atom stereocenters. The fourth-order valence-electron chi connectivity index (χ4n) is 1.79. The van der Waals surface area contributed by atoms with Crippen LogP contribution in [0.4, 0.5) is 13.2 Å². The number of rotatable bonds is 7. The van der Waals surface area contributed by atoms with Gasteiger partial charge < -0.3 is 15.0 Å². The molecular formula is C14H21F3N2O. The monoisotopic (exact) mass is 290 g/mol. The van der Waals surface area contributed by atoms with Gasteiger partial charge in [-0.25, -0.2) is 0 Å². The van der Waals surface area contributed by atoms with Gasteiger partial charge in [-0.2, -0.15) is 0 Å². The summed E-state index contributed by atoms with van der Waals surface area (Å²) in [5.41, 5.74) is 0.935. The normalized spacial score (nSPS) is 13.6. The number of hydrogen-bond acceptors (Lipinski definition) is 3. The molecule has 6 heteroatoms. The van der Waals surface area contributed by atoms with E-state index in [1.165, 1.54) is 12.1 Å². The van der Waals surface area contributed by atoms with E-state index in [4.69, 9.17) is 0 Å². The van der Waals surface area contributed by atoms with Crippen molar-refractivity contribution in [1.29, 1.82) is 0 Å². The molecule has 0 radical (unpaired) electrons. The van der Waals surface area contributed by atoms with Crippen LogP contribution in [0.5, 0.6) is 5.75 Å². The molecule has 0 saturated carbocycles. The van der Waals surface area contributed by atoms with Gasteiger partial charge in [-0.3, -0.25) is 0 Å². The molecule has 0 saturated heterocycles. The maximum absolute atomic E-state index is 12.0. The van der Waals surface area contributed by atoms with E-state index in [-0.39, 0.29) is 11.8 Å². The average molecular weight is 290 g/mol. The number of halogens is 3. The molecule has 114 valence electrons. The van der Waals surface area contributed by atoms with Gasteiger partial charge in [-0.15, -0.1) is 13.2 Å². The van der Waals surface area contributed by atoms with Gasteiger partial charge >= 0.3 is 6.36 Å². The molecule has 0 aliphatic rings. The van der Waals surface area contributed by atoms with Gasteiger partial charge in [0.05, 0.1) is 0 Å². The van der Waals surface area contributed by atoms with Crippen LogP contribution in [0.15, 0.2) is 24.3 Å². The third kappa shape index (κ3) is 6.77. The summed E-state index contributed by atoms with van der Waals surface area (Å²) in [6, 6.07) is 6.05. The molecule has 1 N–H and O–H groups in total. The predicted octanol–water partition coefficient (Wildman–Crippen LogP) is 3.19. The smallest absolute Gasteiger partial charge is 0.406 e. The van der Waals surface area contributed by atoms with Crippen molar-refractivity contribution in [3.8, 4) is 5.75 Å². The molecule has 0 heterocycles. The van der Waals surface area contributed by atoms with Crippen LogP contribution >= 0.6 is 0 Å². The fraction of sp³-hybridized carbons (Fsp3) is 0.571. The van der Waals surface area contributed by atoms with E-state index in [1.807, 2.05) is 21.0 Å². The Morgan fingerprint density at radius 1 is 1.20 bits per heavy atom. The van der Waals surface area contributed by atoms with E-state index in [0.29, 0.717) is 0 Å². The lowest BCUT2D eigenvalue weighted by molar-refractivity contribution is -0.274. The number of nitrogens with zero attached hydrogens (tertiary/aromatic N) is 1. The van der Waals surface area contributed by atoms with Gasteiger partial charge in [0.15, 0.2) is 0 Å². The van der Waals surface area contributed by atoms with E-state index in [1.54, 1.807) is 12.1 Å². The number of hydrogen-bond donors (Lipinski definition) is 1. The van der Waals surface area contributed by atoms with Crippen molar-refractivity contribution in [2.45, 2.75) is 25.7 Å². The molecule has 0 aliphatic carbocycles. The van der Waals surface area contributed by atoms with Gasteiger partial charge in [0.1, 0.15) is 5.75 Å². The number of ether oxygens (including phenoxy) is 1. The predicted molar refractivity (Wildman–Crippen MR) is 72.7 cm³/mol. The van der Waals surface area contributed by atoms with Crippen molar-refractivity contribution < 1.29 is 17.9 Å². The lowest BCUT2D eigenvalue weighted by Gasteiger charge is -2.16. The lowest BCUT2D eigenvalue weighted by atomic mass is 10.1. The summed E-state index contributed by atoms with van der Waals surface area (Å²) in [7, 11) is 4.03. The van der Waals surface area contributed by atoms with E-state index in [0.717, 1.165) is 25.1 Å². The van der Waals surface area contributed by atoms with Crippen molar-refractivity contribution in [1.82, 2.24) is 10.2 Å². The molecule has 1 rings (SSSR count). The van der Waals surface area contributed by atoms with Crippen LogP contribution in [-0.2, 0) is 0 Å². The SMILES string of the molecule is CC(NCCCN(C)C)c1ccc(OC(F)(F)F)cc1. The lowest BCUT2D eigenvalue weighted by Crippen LogP contribution is -2.23. The molecule has 0 fully saturated rings. The number of alkyl halides is 3. The van der Waals surface area contributed by atoms with E-state index in [9.17, 15) is 13.2 Å². The molecule has 0 spiro atoms. The van der Waals surface area contributed by atoms with Gasteiger partial charge in [0.25, 0.3) is 0 Å². The van der Waals surface area contributed by atoms with Gasteiger partial charge in [0.2, 0.25) is 0 Å². The zero-order chi connectivity index (χ0) is 15.2. The maximum atomic E-state index is 12.0. The summed E-state index contributed by atoms with van der Waals surface area (Å²) in [6.45, 7) is 3.84. The molecule has 1 atom stereocenters. The molecule has 3 nitrogen and oxygen atoms in total. The Labute approximate surface area is 117 Å². The Hall–Kier alpha value is -1.27. The van der Waals surface area contributed by atoms with Crippen molar-refractivity contribution in [3.63, 3.8) is 0 Å². The molecule has 0 bridgehead atoms. The minimum atomic E-state index is -4.64. The Balaban J connectivity index is 2.43. The summed E-state index contributed by atoms with van der Waals surface area (Å²) < 4.78 is 39.9. The zero-order valence-corrected chi connectivity index (χ0v) is 12.0. The first-order valence-electron chi connectivity index (χ1n) is 6.52. The first-order valence-corrected chi connectivity index (χ1v) is 6.52. The van der Waals surface area contributed by atoms with Gasteiger partial charge in [-0.05, 0) is 58.2 Å². The molecule has 0 aromatic heterocycles. The zero-order valence-electron chi connectivity index (χ0n) is 12.0. The highest BCUT2D eigenvalue weighted by atomic mass is 19.4. The van der Waals surface area contributed by atoms with Crippen LogP contribution in [0.25, 0.3) is 0 Å². The summed E-state index contributed by atoms with van der Waals surface area (Å²) >= 11 is 0. The highest BCUT2D eigenvalue weighted by molar-refractivity contribution is 5.29. The standard InChI is InChI=1S/C14H21F3N2O/c1-11(18-9-4-10-19(2)3)12-5-7-13(8-6-12)20-14(15,16)17/h5-8,11,18H,4,9-10H2,1-3H3. The van der Waals surface area contributed by atoms with Crippen LogP contribution in [0.1, 0.15) is 24.9 Å². The Morgan fingerprint density at radius 2 is 1.80 bits per heavy atom. The third-order valence-corrected chi connectivity index (χ3v) is 2.85. The highest BCUT2D eigenvalue weighted by Gasteiger charge is 2.30. The quantitative estimate of drug-likeness (QED) is 0.781. The minimum Gasteiger partial charge on any atom is -0.406 e. The van der Waals surface area contributed by atoms with Crippen molar-refractivity contribution in [2.75, 3.05) is 27.2 Å². The Kier molecular flexibility index (Phi) is 6.29. The Morgan fingerprint density at radius 3 is 2.30 bits per heavy atom. The average Bonchev–Trinajstić information content (AvgIpc) is 2.33. The maximum Gasteiger partial charge on any atom is 0.573 e. The molecule has 1 aromatic rings. The number of benzene rings is 1. The minimum absolute atomic E-state index is 0.0945. The van der Waals surface area contributed by atoms with Gasteiger partial charge in [-0.1, -0.05) is 12.1 Å². The second-order valence-corrected chi connectivity index (χ2v) is 4.95. The largest absolute Gasteiger partial charge is 0.573 e. The molecule has 0 aliphatic heterocycles. The Bertz CT molecular complexity index is 390. The number of nitrogens with one attached hydrogen (secondary N) is 1.